The van der Waals surface area contributed by atoms with Crippen molar-refractivity contribution in [1.29, 1.82) is 0 Å². The maximum absolute atomic E-state index is 11.2. The van der Waals surface area contributed by atoms with Gasteiger partial charge in [-0.3, -0.25) is 9.59 Å². The van der Waals surface area contributed by atoms with Crippen LogP contribution in [0.3, 0.4) is 0 Å². The van der Waals surface area contributed by atoms with E-state index in [4.69, 9.17) is 30.4 Å². The van der Waals surface area contributed by atoms with E-state index in [1.807, 2.05) is 20.8 Å². The zero-order valence-corrected chi connectivity index (χ0v) is 15.3. The summed E-state index contributed by atoms with van der Waals surface area (Å²) in [7, 11) is 0. The van der Waals surface area contributed by atoms with Crippen LogP contribution < -0.4 is 0 Å². The molecule has 0 aromatic carbocycles. The fourth-order valence-corrected chi connectivity index (χ4v) is 1.21. The molecule has 0 radical (unpaired) electrons. The standard InChI is InChI=1S/C9H17N3O3.C5H9N3O3/c1-9(2,3)15-8(13)4-6-14-7-5-11-12-10;6-8-7-2-4-11-3-1-5(9)10/h4-7H2,1-3H3;1-4H2,(H,9,10). The molecule has 0 aromatic rings. The number of carbonyl (C=O) groups is 2. The minimum absolute atomic E-state index is 0.0176. The molecule has 0 spiro atoms. The van der Waals surface area contributed by atoms with Gasteiger partial charge in [-0.25, -0.2) is 0 Å². The third-order valence-corrected chi connectivity index (χ3v) is 2.13. The van der Waals surface area contributed by atoms with Gasteiger partial charge in [-0.2, -0.15) is 0 Å². The number of nitrogens with zero attached hydrogens (tertiary/aromatic N) is 6. The Morgan fingerprint density at radius 1 is 0.923 bits per heavy atom. The summed E-state index contributed by atoms with van der Waals surface area (Å²) in [6, 6.07) is 0. The first-order chi connectivity index (χ1) is 12.2. The van der Waals surface area contributed by atoms with E-state index in [1.54, 1.807) is 0 Å². The zero-order valence-electron chi connectivity index (χ0n) is 15.3. The highest BCUT2D eigenvalue weighted by Crippen LogP contribution is 2.07. The SMILES string of the molecule is CC(C)(C)OC(=O)CCOCCN=[N+]=[N-].[N-]=[N+]=NCCOCCC(=O)O. The van der Waals surface area contributed by atoms with E-state index in [0.29, 0.717) is 6.61 Å². The number of esters is 1. The smallest absolute Gasteiger partial charge is 0.308 e. The molecule has 0 saturated heterocycles. The van der Waals surface area contributed by atoms with Crippen LogP contribution >= 0.6 is 0 Å². The van der Waals surface area contributed by atoms with E-state index in [-0.39, 0.29) is 51.7 Å². The highest BCUT2D eigenvalue weighted by molar-refractivity contribution is 5.69. The molecule has 0 rings (SSSR count). The van der Waals surface area contributed by atoms with Gasteiger partial charge < -0.3 is 19.3 Å². The van der Waals surface area contributed by atoms with Crippen LogP contribution in [0.2, 0.25) is 0 Å². The quantitative estimate of drug-likeness (QED) is 0.180. The lowest BCUT2D eigenvalue weighted by molar-refractivity contribution is -0.156. The van der Waals surface area contributed by atoms with Crippen molar-refractivity contribution in [2.75, 3.05) is 39.5 Å². The average molecular weight is 374 g/mol. The largest absolute Gasteiger partial charge is 0.481 e. The van der Waals surface area contributed by atoms with Crippen LogP contribution in [0, 0.1) is 0 Å². The van der Waals surface area contributed by atoms with Crippen molar-refractivity contribution in [2.45, 2.75) is 39.2 Å². The van der Waals surface area contributed by atoms with Gasteiger partial charge in [-0.15, -0.1) is 0 Å². The highest BCUT2D eigenvalue weighted by atomic mass is 16.6. The lowest BCUT2D eigenvalue weighted by Gasteiger charge is -2.19. The van der Waals surface area contributed by atoms with Gasteiger partial charge in [0.2, 0.25) is 0 Å². The lowest BCUT2D eigenvalue weighted by atomic mass is 10.2. The lowest BCUT2D eigenvalue weighted by Crippen LogP contribution is -2.24. The van der Waals surface area contributed by atoms with Gasteiger partial charge in [0.05, 0.1) is 39.3 Å². The Bertz CT molecular complexity index is 491. The minimum atomic E-state index is -0.895. The van der Waals surface area contributed by atoms with Crippen molar-refractivity contribution >= 4 is 11.9 Å². The van der Waals surface area contributed by atoms with Crippen LogP contribution in [0.25, 0.3) is 20.9 Å². The Morgan fingerprint density at radius 3 is 1.77 bits per heavy atom. The number of rotatable bonds is 12. The molecule has 0 bridgehead atoms. The second-order valence-electron chi connectivity index (χ2n) is 5.61. The second kappa shape index (κ2) is 17.3. The molecule has 12 nitrogen and oxygen atoms in total. The van der Waals surface area contributed by atoms with Crippen LogP contribution in [0.15, 0.2) is 10.2 Å². The first-order valence-electron chi connectivity index (χ1n) is 7.83. The van der Waals surface area contributed by atoms with Crippen LogP contribution in [0.4, 0.5) is 0 Å². The molecular formula is C14H26N6O6. The summed E-state index contributed by atoms with van der Waals surface area (Å²) in [6.45, 7) is 7.02. The van der Waals surface area contributed by atoms with Crippen molar-refractivity contribution < 1.29 is 28.9 Å². The number of carbonyl (C=O) groups excluding carboxylic acids is 1. The zero-order chi connectivity index (χ0) is 20.3. The summed E-state index contributed by atoms with van der Waals surface area (Å²) in [6.07, 6.45) is 0.198. The van der Waals surface area contributed by atoms with Crippen molar-refractivity contribution in [3.05, 3.63) is 20.9 Å². The number of ether oxygens (including phenoxy) is 3. The molecule has 0 unspecified atom stereocenters. The van der Waals surface area contributed by atoms with Crippen LogP contribution in [0.5, 0.6) is 0 Å². The highest BCUT2D eigenvalue weighted by Gasteiger charge is 2.15. The Hall–Kier alpha value is -2.52. The molecular weight excluding hydrogens is 348 g/mol. The summed E-state index contributed by atoms with van der Waals surface area (Å²) in [5.41, 5.74) is 15.3. The van der Waals surface area contributed by atoms with Gasteiger partial charge in [0.25, 0.3) is 0 Å². The monoisotopic (exact) mass is 374 g/mol. The van der Waals surface area contributed by atoms with Crippen molar-refractivity contribution in [2.24, 2.45) is 10.2 Å². The van der Waals surface area contributed by atoms with Crippen LogP contribution in [-0.2, 0) is 23.8 Å². The third kappa shape index (κ3) is 26.4. The minimum Gasteiger partial charge on any atom is -0.481 e. The van der Waals surface area contributed by atoms with Crippen LogP contribution in [-0.4, -0.2) is 62.2 Å². The molecule has 12 heteroatoms. The molecule has 0 aliphatic heterocycles. The molecule has 0 heterocycles. The Kier molecular flexibility index (Phi) is 17.1. The average Bonchev–Trinajstić information content (AvgIpc) is 2.53. The fraction of sp³-hybridized carbons (Fsp3) is 0.857. The van der Waals surface area contributed by atoms with Crippen LogP contribution in [0.1, 0.15) is 33.6 Å². The Labute approximate surface area is 151 Å². The molecule has 0 amide bonds. The van der Waals surface area contributed by atoms with E-state index in [0.717, 1.165) is 0 Å². The number of hydrogen-bond acceptors (Lipinski definition) is 7. The molecule has 0 atom stereocenters. The van der Waals surface area contributed by atoms with E-state index < -0.39 is 11.6 Å². The first kappa shape index (κ1) is 25.7. The Balaban J connectivity index is 0. The summed E-state index contributed by atoms with van der Waals surface area (Å²) >= 11 is 0. The summed E-state index contributed by atoms with van der Waals surface area (Å²) in [4.78, 5) is 26.2. The first-order valence-corrected chi connectivity index (χ1v) is 7.83. The molecule has 0 saturated carbocycles. The predicted octanol–water partition coefficient (Wildman–Crippen LogP) is 2.83. The summed E-state index contributed by atoms with van der Waals surface area (Å²) in [5.74, 6) is -1.18. The van der Waals surface area contributed by atoms with Gasteiger partial charge in [0, 0.05) is 22.9 Å². The Morgan fingerprint density at radius 2 is 1.38 bits per heavy atom. The number of carboxylic acid groups (broad SMARTS) is 1. The van der Waals surface area contributed by atoms with E-state index in [1.165, 1.54) is 0 Å². The summed E-state index contributed by atoms with van der Waals surface area (Å²) in [5, 5.41) is 14.6. The molecule has 0 fully saturated rings. The molecule has 148 valence electrons. The normalized spacial score (nSPS) is 9.81. The fourth-order valence-electron chi connectivity index (χ4n) is 1.21. The molecule has 0 aliphatic rings. The molecule has 0 aliphatic carbocycles. The number of carboxylic acids is 1. The molecule has 26 heavy (non-hydrogen) atoms. The molecule has 1 N–H and O–H groups in total. The maximum Gasteiger partial charge on any atom is 0.308 e. The van der Waals surface area contributed by atoms with Crippen molar-refractivity contribution in [3.8, 4) is 0 Å². The number of azide groups is 2. The summed E-state index contributed by atoms with van der Waals surface area (Å²) < 4.78 is 14.9. The second-order valence-corrected chi connectivity index (χ2v) is 5.61. The third-order valence-electron chi connectivity index (χ3n) is 2.13. The number of hydrogen-bond donors (Lipinski definition) is 1. The van der Waals surface area contributed by atoms with Crippen molar-refractivity contribution in [3.63, 3.8) is 0 Å². The van der Waals surface area contributed by atoms with E-state index in [2.05, 4.69) is 20.1 Å². The topological polar surface area (TPSA) is 180 Å². The maximum atomic E-state index is 11.2. The van der Waals surface area contributed by atoms with Crippen molar-refractivity contribution in [1.82, 2.24) is 0 Å². The van der Waals surface area contributed by atoms with Gasteiger partial charge in [-0.05, 0) is 31.8 Å². The van der Waals surface area contributed by atoms with Gasteiger partial charge in [0.15, 0.2) is 0 Å². The molecule has 0 aromatic heterocycles. The van der Waals surface area contributed by atoms with Gasteiger partial charge in [0.1, 0.15) is 5.60 Å². The van der Waals surface area contributed by atoms with E-state index in [9.17, 15) is 9.59 Å². The van der Waals surface area contributed by atoms with E-state index >= 15 is 0 Å². The predicted molar refractivity (Wildman–Crippen MR) is 92.4 cm³/mol. The number of aliphatic carboxylic acids is 1. The van der Waals surface area contributed by atoms with Gasteiger partial charge >= 0.3 is 11.9 Å². The van der Waals surface area contributed by atoms with Gasteiger partial charge in [-0.1, -0.05) is 10.2 Å².